The van der Waals surface area contributed by atoms with E-state index in [0.717, 1.165) is 17.0 Å². The third-order valence-corrected chi connectivity index (χ3v) is 5.65. The zero-order valence-corrected chi connectivity index (χ0v) is 15.4. The first-order chi connectivity index (χ1) is 12.2. The van der Waals surface area contributed by atoms with Crippen LogP contribution in [0.25, 0.3) is 11.1 Å². The van der Waals surface area contributed by atoms with Crippen molar-refractivity contribution in [2.75, 3.05) is 6.61 Å². The molecule has 0 spiro atoms. The molecule has 134 valence electrons. The molecular formula is C23H29FO. The van der Waals surface area contributed by atoms with Crippen molar-refractivity contribution in [3.8, 4) is 11.1 Å². The van der Waals surface area contributed by atoms with E-state index in [1.165, 1.54) is 37.7 Å². The Kier molecular flexibility index (Phi) is 6.25. The lowest BCUT2D eigenvalue weighted by Crippen LogP contribution is -2.12. The van der Waals surface area contributed by atoms with E-state index < -0.39 is 0 Å². The number of ether oxygens (including phenoxy) is 1. The number of benzene rings is 2. The summed E-state index contributed by atoms with van der Waals surface area (Å²) in [6.45, 7) is 5.16. The summed E-state index contributed by atoms with van der Waals surface area (Å²) in [4.78, 5) is 0. The van der Waals surface area contributed by atoms with Crippen molar-refractivity contribution >= 4 is 0 Å². The fraction of sp³-hybridized carbons (Fsp3) is 0.478. The topological polar surface area (TPSA) is 9.23 Å². The van der Waals surface area contributed by atoms with Gasteiger partial charge in [0.2, 0.25) is 0 Å². The summed E-state index contributed by atoms with van der Waals surface area (Å²) in [6, 6.07) is 14.2. The predicted octanol–water partition coefficient (Wildman–Crippen LogP) is 6.71. The second-order valence-electron chi connectivity index (χ2n) is 7.19. The average Bonchev–Trinajstić information content (AvgIpc) is 2.67. The van der Waals surface area contributed by atoms with E-state index in [4.69, 9.17) is 4.74 Å². The third kappa shape index (κ3) is 4.49. The molecule has 0 aromatic heterocycles. The zero-order valence-electron chi connectivity index (χ0n) is 15.4. The molecule has 0 unspecified atom stereocenters. The van der Waals surface area contributed by atoms with Crippen molar-refractivity contribution < 1.29 is 9.13 Å². The van der Waals surface area contributed by atoms with Gasteiger partial charge in [0, 0.05) is 12.2 Å². The van der Waals surface area contributed by atoms with Crippen molar-refractivity contribution in [2.45, 2.75) is 58.5 Å². The molecule has 25 heavy (non-hydrogen) atoms. The smallest absolute Gasteiger partial charge is 0.129 e. The van der Waals surface area contributed by atoms with Gasteiger partial charge in [-0.15, -0.1) is 0 Å². The highest BCUT2D eigenvalue weighted by molar-refractivity contribution is 5.64. The molecule has 2 aromatic carbocycles. The molecule has 3 rings (SSSR count). The Morgan fingerprint density at radius 1 is 0.920 bits per heavy atom. The van der Waals surface area contributed by atoms with E-state index in [-0.39, 0.29) is 5.82 Å². The number of halogens is 1. The van der Waals surface area contributed by atoms with Crippen LogP contribution in [0.4, 0.5) is 4.39 Å². The van der Waals surface area contributed by atoms with E-state index in [9.17, 15) is 4.39 Å². The van der Waals surface area contributed by atoms with Gasteiger partial charge in [-0.1, -0.05) is 49.7 Å². The molecule has 1 nitrogen and oxygen atoms in total. The highest BCUT2D eigenvalue weighted by Crippen LogP contribution is 2.37. The monoisotopic (exact) mass is 340 g/mol. The fourth-order valence-electron chi connectivity index (χ4n) is 3.91. The van der Waals surface area contributed by atoms with Crippen LogP contribution in [0.1, 0.15) is 63.0 Å². The SMILES string of the molecule is CCOCc1ccc(-c2ccc(C3CCC(CC)CC3)cc2)cc1F. The van der Waals surface area contributed by atoms with Gasteiger partial charge in [-0.25, -0.2) is 4.39 Å². The summed E-state index contributed by atoms with van der Waals surface area (Å²) in [7, 11) is 0. The molecule has 0 radical (unpaired) electrons. The van der Waals surface area contributed by atoms with Crippen molar-refractivity contribution in [2.24, 2.45) is 5.92 Å². The molecule has 1 aliphatic carbocycles. The maximum atomic E-state index is 14.2. The van der Waals surface area contributed by atoms with Crippen molar-refractivity contribution in [1.82, 2.24) is 0 Å². The molecule has 2 aromatic rings. The molecule has 0 saturated heterocycles. The van der Waals surface area contributed by atoms with E-state index in [1.807, 2.05) is 19.1 Å². The van der Waals surface area contributed by atoms with Crippen LogP contribution in [0.3, 0.4) is 0 Å². The Bertz CT molecular complexity index is 669. The average molecular weight is 340 g/mol. The molecule has 1 fully saturated rings. The van der Waals surface area contributed by atoms with Gasteiger partial charge in [-0.2, -0.15) is 0 Å². The van der Waals surface area contributed by atoms with E-state index in [2.05, 4.69) is 31.2 Å². The Morgan fingerprint density at radius 3 is 2.20 bits per heavy atom. The fourth-order valence-corrected chi connectivity index (χ4v) is 3.91. The van der Waals surface area contributed by atoms with Crippen LogP contribution >= 0.6 is 0 Å². The van der Waals surface area contributed by atoms with Crippen molar-refractivity contribution in [1.29, 1.82) is 0 Å². The highest BCUT2D eigenvalue weighted by atomic mass is 19.1. The minimum atomic E-state index is -0.187. The number of hydrogen-bond acceptors (Lipinski definition) is 1. The molecule has 0 aliphatic heterocycles. The number of hydrogen-bond donors (Lipinski definition) is 0. The van der Waals surface area contributed by atoms with Gasteiger partial charge in [0.1, 0.15) is 5.82 Å². The van der Waals surface area contributed by atoms with Crippen LogP contribution < -0.4 is 0 Å². The molecule has 0 N–H and O–H groups in total. The highest BCUT2D eigenvalue weighted by Gasteiger charge is 2.21. The van der Waals surface area contributed by atoms with Crippen LogP contribution in [0.5, 0.6) is 0 Å². The van der Waals surface area contributed by atoms with Crippen LogP contribution in [0, 0.1) is 11.7 Å². The molecular weight excluding hydrogens is 311 g/mol. The quantitative estimate of drug-likeness (QED) is 0.567. The Balaban J connectivity index is 1.69. The van der Waals surface area contributed by atoms with Gasteiger partial charge >= 0.3 is 0 Å². The van der Waals surface area contributed by atoms with Gasteiger partial charge in [0.25, 0.3) is 0 Å². The summed E-state index contributed by atoms with van der Waals surface area (Å²) < 4.78 is 19.5. The Morgan fingerprint density at radius 2 is 1.60 bits per heavy atom. The molecule has 1 aliphatic rings. The maximum absolute atomic E-state index is 14.2. The minimum absolute atomic E-state index is 0.187. The van der Waals surface area contributed by atoms with E-state index >= 15 is 0 Å². The summed E-state index contributed by atoms with van der Waals surface area (Å²) in [6.07, 6.45) is 6.64. The van der Waals surface area contributed by atoms with Crippen LogP contribution in [-0.2, 0) is 11.3 Å². The molecule has 0 bridgehead atoms. The lowest BCUT2D eigenvalue weighted by atomic mass is 9.77. The first-order valence-corrected chi connectivity index (χ1v) is 9.67. The van der Waals surface area contributed by atoms with Crippen molar-refractivity contribution in [3.63, 3.8) is 0 Å². The zero-order chi connectivity index (χ0) is 17.6. The summed E-state index contributed by atoms with van der Waals surface area (Å²) >= 11 is 0. The van der Waals surface area contributed by atoms with E-state index in [0.29, 0.717) is 24.7 Å². The molecule has 0 heterocycles. The summed E-state index contributed by atoms with van der Waals surface area (Å²) in [5.74, 6) is 1.43. The first-order valence-electron chi connectivity index (χ1n) is 9.67. The van der Waals surface area contributed by atoms with Crippen LogP contribution in [0.2, 0.25) is 0 Å². The van der Waals surface area contributed by atoms with Gasteiger partial charge in [-0.3, -0.25) is 0 Å². The van der Waals surface area contributed by atoms with Crippen LogP contribution in [-0.4, -0.2) is 6.61 Å². The maximum Gasteiger partial charge on any atom is 0.129 e. The van der Waals surface area contributed by atoms with Crippen molar-refractivity contribution in [3.05, 3.63) is 59.4 Å². The van der Waals surface area contributed by atoms with Gasteiger partial charge < -0.3 is 4.74 Å². The second kappa shape index (κ2) is 8.62. The third-order valence-electron chi connectivity index (χ3n) is 5.65. The number of rotatable bonds is 6. The lowest BCUT2D eigenvalue weighted by Gasteiger charge is -2.28. The normalized spacial score (nSPS) is 20.6. The predicted molar refractivity (Wildman–Crippen MR) is 102 cm³/mol. The minimum Gasteiger partial charge on any atom is -0.377 e. The molecule has 2 heteroatoms. The Hall–Kier alpha value is -1.67. The molecule has 1 saturated carbocycles. The second-order valence-corrected chi connectivity index (χ2v) is 7.19. The molecule has 0 amide bonds. The standard InChI is InChI=1S/C23H29FO/c1-3-17-5-7-18(8-6-17)19-9-11-20(12-10-19)21-13-14-22(16-25-4-2)23(24)15-21/h9-15,17-18H,3-8,16H2,1-2H3. The van der Waals surface area contributed by atoms with Crippen LogP contribution in [0.15, 0.2) is 42.5 Å². The van der Waals surface area contributed by atoms with Gasteiger partial charge in [-0.05, 0) is 67.2 Å². The molecule has 0 atom stereocenters. The Labute approximate surface area is 151 Å². The van der Waals surface area contributed by atoms with E-state index in [1.54, 1.807) is 6.07 Å². The first kappa shape index (κ1) is 18.1. The lowest BCUT2D eigenvalue weighted by molar-refractivity contribution is 0.131. The van der Waals surface area contributed by atoms with Gasteiger partial charge in [0.15, 0.2) is 0 Å². The largest absolute Gasteiger partial charge is 0.377 e. The summed E-state index contributed by atoms with van der Waals surface area (Å²) in [5.41, 5.74) is 4.06. The van der Waals surface area contributed by atoms with Gasteiger partial charge in [0.05, 0.1) is 6.61 Å². The summed E-state index contributed by atoms with van der Waals surface area (Å²) in [5, 5.41) is 0.